The number of esters is 2. The van der Waals surface area contributed by atoms with Gasteiger partial charge in [-0.15, -0.1) is 0 Å². The minimum absolute atomic E-state index is 0.0350. The maximum atomic E-state index is 13.0. The Morgan fingerprint density at radius 3 is 2.03 bits per heavy atom. The molecule has 13 heteroatoms. The van der Waals surface area contributed by atoms with Crippen LogP contribution in [0.5, 0.6) is 0 Å². The van der Waals surface area contributed by atoms with Gasteiger partial charge in [-0.25, -0.2) is 4.79 Å². The van der Waals surface area contributed by atoms with Gasteiger partial charge in [0.1, 0.15) is 13.2 Å². The van der Waals surface area contributed by atoms with Crippen LogP contribution in [0.1, 0.15) is 54.9 Å². The summed E-state index contributed by atoms with van der Waals surface area (Å²) in [7, 11) is -6.37. The van der Waals surface area contributed by atoms with Crippen molar-refractivity contribution in [3.63, 3.8) is 0 Å². The summed E-state index contributed by atoms with van der Waals surface area (Å²) in [4.78, 5) is 27.2. The molecule has 0 saturated heterocycles. The summed E-state index contributed by atoms with van der Waals surface area (Å²) in [5.74, 6) is -1.69. The maximum absolute atomic E-state index is 13.0. The number of rotatable bonds is 15. The normalized spacial score (nSPS) is 13.8. The summed E-state index contributed by atoms with van der Waals surface area (Å²) in [5, 5.41) is 3.09. The van der Waals surface area contributed by atoms with E-state index < -0.39 is 41.9 Å². The lowest BCUT2D eigenvalue weighted by Crippen LogP contribution is -2.52. The Morgan fingerprint density at radius 2 is 1.56 bits per heavy atom. The molecule has 0 bridgehead atoms. The van der Waals surface area contributed by atoms with Crippen molar-refractivity contribution in [3.8, 4) is 0 Å². The average molecular weight is 524 g/mol. The van der Waals surface area contributed by atoms with Gasteiger partial charge in [-0.05, 0) is 30.1 Å². The maximum Gasteiger partial charge on any atom is 0.334 e. The summed E-state index contributed by atoms with van der Waals surface area (Å²) in [5.41, 5.74) is 7.24. The molecule has 0 N–H and O–H groups in total. The fraction of sp³-hybridized carbons (Fsp3) is 0.905. The summed E-state index contributed by atoms with van der Waals surface area (Å²) >= 11 is 0. The fourth-order valence-corrected chi connectivity index (χ4v) is 4.70. The van der Waals surface area contributed by atoms with E-state index in [0.29, 0.717) is 0 Å². The first kappa shape index (κ1) is 32.3. The molecular weight excluding hydrogens is 482 g/mol. The average Bonchev–Trinajstić information content (AvgIpc) is 2.70. The van der Waals surface area contributed by atoms with Crippen molar-refractivity contribution in [1.82, 2.24) is 0 Å². The number of nitrogens with zero attached hydrogens (tertiary/aromatic N) is 3. The second kappa shape index (κ2) is 13.4. The fourth-order valence-electron chi connectivity index (χ4n) is 2.26. The van der Waals surface area contributed by atoms with E-state index in [1.807, 2.05) is 33.9 Å². The minimum Gasteiger partial charge on any atom is -0.462 e. The number of carbonyl (C=O) groups excluding carboxylic acids is 2. The molecule has 0 amide bonds. The van der Waals surface area contributed by atoms with Gasteiger partial charge < -0.3 is 13.9 Å². The summed E-state index contributed by atoms with van der Waals surface area (Å²) in [6.07, 6.45) is -0.985. The van der Waals surface area contributed by atoms with Gasteiger partial charge in [0, 0.05) is 16.9 Å². The molecule has 198 valence electrons. The van der Waals surface area contributed by atoms with Crippen molar-refractivity contribution in [2.24, 2.45) is 16.4 Å². The molecule has 0 aromatic heterocycles. The first-order chi connectivity index (χ1) is 15.4. The molecule has 0 heterocycles. The van der Waals surface area contributed by atoms with E-state index in [1.165, 1.54) is 0 Å². The largest absolute Gasteiger partial charge is 0.462 e. The molecule has 1 atom stereocenters. The second-order valence-electron chi connectivity index (χ2n) is 10.6. The predicted molar refractivity (Wildman–Crippen MR) is 131 cm³/mol. The van der Waals surface area contributed by atoms with E-state index in [0.717, 1.165) is 0 Å². The molecular formula is C21H41N3O8SSi. The Bertz CT molecular complexity index is 831. The third kappa shape index (κ3) is 11.7. The first-order valence-electron chi connectivity index (χ1n) is 11.3. The van der Waals surface area contributed by atoms with E-state index >= 15 is 0 Å². The van der Waals surface area contributed by atoms with E-state index in [9.17, 15) is 18.0 Å². The van der Waals surface area contributed by atoms with Gasteiger partial charge in [0.2, 0.25) is 0 Å². The molecule has 0 rings (SSSR count). The number of hydrogen-bond donors (Lipinski definition) is 0. The van der Waals surface area contributed by atoms with Gasteiger partial charge in [0.15, 0.2) is 14.4 Å². The van der Waals surface area contributed by atoms with Crippen LogP contribution in [0.2, 0.25) is 18.1 Å². The van der Waals surface area contributed by atoms with Crippen LogP contribution in [0.15, 0.2) is 5.11 Å². The quantitative estimate of drug-likeness (QED) is 0.0588. The Kier molecular flexibility index (Phi) is 12.8. The van der Waals surface area contributed by atoms with E-state index in [4.69, 9.17) is 23.6 Å². The third-order valence-electron chi connectivity index (χ3n) is 5.51. The molecule has 0 fully saturated rings. The smallest absolute Gasteiger partial charge is 0.334 e. The summed E-state index contributed by atoms with van der Waals surface area (Å²) in [6.45, 7) is 16.2. The van der Waals surface area contributed by atoms with Crippen molar-refractivity contribution in [2.45, 2.75) is 79.1 Å². The number of azide groups is 1. The SMILES string of the molecule is CC(C)C(=O)OCCOC(=O)[C@H](O[Si](C)(C)C(C)(C)C)C(C)(C)COS(=O)(=O)CCCN=[N+]=[N-]. The molecule has 11 nitrogen and oxygen atoms in total. The Hall–Kier alpha value is -1.66. The molecule has 0 radical (unpaired) electrons. The molecule has 0 aliphatic rings. The van der Waals surface area contributed by atoms with Crippen molar-refractivity contribution in [2.75, 3.05) is 32.1 Å². The lowest BCUT2D eigenvalue weighted by atomic mass is 9.87. The van der Waals surface area contributed by atoms with Gasteiger partial charge in [0.05, 0.1) is 18.3 Å². The number of carbonyl (C=O) groups is 2. The van der Waals surface area contributed by atoms with E-state index in [1.54, 1.807) is 27.7 Å². The Balaban J connectivity index is 5.44. The summed E-state index contributed by atoms with van der Waals surface area (Å²) < 4.78 is 46.4. The molecule has 0 spiro atoms. The molecule has 0 aliphatic heterocycles. The lowest BCUT2D eigenvalue weighted by molar-refractivity contribution is -0.164. The molecule has 0 saturated carbocycles. The zero-order valence-electron chi connectivity index (χ0n) is 21.9. The van der Waals surface area contributed by atoms with Gasteiger partial charge in [-0.2, -0.15) is 8.42 Å². The van der Waals surface area contributed by atoms with Crippen LogP contribution >= 0.6 is 0 Å². The second-order valence-corrected chi connectivity index (χ2v) is 17.1. The molecule has 0 unspecified atom stereocenters. The van der Waals surface area contributed by atoms with Crippen molar-refractivity contribution in [1.29, 1.82) is 0 Å². The highest BCUT2D eigenvalue weighted by molar-refractivity contribution is 7.86. The first-order valence-corrected chi connectivity index (χ1v) is 15.7. The summed E-state index contributed by atoms with van der Waals surface area (Å²) in [6, 6.07) is 0. The highest BCUT2D eigenvalue weighted by Crippen LogP contribution is 2.40. The van der Waals surface area contributed by atoms with Crippen LogP contribution in [0.4, 0.5) is 0 Å². The minimum atomic E-state index is -3.90. The third-order valence-corrected chi connectivity index (χ3v) is 11.2. The van der Waals surface area contributed by atoms with Gasteiger partial charge in [-0.3, -0.25) is 8.98 Å². The predicted octanol–water partition coefficient (Wildman–Crippen LogP) is 4.19. The topological polar surface area (TPSA) is 154 Å². The highest BCUT2D eigenvalue weighted by atomic mass is 32.2. The molecule has 0 aliphatic carbocycles. The number of ether oxygens (including phenoxy) is 2. The molecule has 0 aromatic carbocycles. The number of hydrogen-bond acceptors (Lipinski definition) is 9. The van der Waals surface area contributed by atoms with Gasteiger partial charge in [-0.1, -0.05) is 53.6 Å². The highest BCUT2D eigenvalue weighted by Gasteiger charge is 2.47. The van der Waals surface area contributed by atoms with Crippen LogP contribution in [-0.2, 0) is 37.8 Å². The van der Waals surface area contributed by atoms with Crippen LogP contribution in [0.25, 0.3) is 10.4 Å². The van der Waals surface area contributed by atoms with E-state index in [2.05, 4.69) is 10.0 Å². The zero-order valence-corrected chi connectivity index (χ0v) is 23.7. The van der Waals surface area contributed by atoms with Crippen molar-refractivity contribution in [3.05, 3.63) is 10.4 Å². The van der Waals surface area contributed by atoms with Crippen molar-refractivity contribution < 1.29 is 36.1 Å². The van der Waals surface area contributed by atoms with Crippen molar-refractivity contribution >= 4 is 30.4 Å². The molecule has 34 heavy (non-hydrogen) atoms. The lowest BCUT2D eigenvalue weighted by Gasteiger charge is -2.42. The van der Waals surface area contributed by atoms with Crippen LogP contribution in [0.3, 0.4) is 0 Å². The zero-order chi connectivity index (χ0) is 26.8. The van der Waals surface area contributed by atoms with Crippen LogP contribution in [-0.4, -0.2) is 66.9 Å². The standard InChI is InChI=1S/C21H41N3O8SSi/c1-16(2)18(25)29-12-13-30-19(26)17(32-34(8,9)20(3,4)5)21(6,7)15-31-33(27,28)14-10-11-23-24-22/h16-17H,10-15H2,1-9H3/t17-/m0/s1. The Morgan fingerprint density at radius 1 is 1.03 bits per heavy atom. The van der Waals surface area contributed by atoms with E-state index in [-0.39, 0.29) is 49.5 Å². The Labute approximate surface area is 204 Å². The van der Waals surface area contributed by atoms with Gasteiger partial charge in [0.25, 0.3) is 10.1 Å². The molecule has 0 aromatic rings. The van der Waals surface area contributed by atoms with Crippen LogP contribution < -0.4 is 0 Å². The van der Waals surface area contributed by atoms with Gasteiger partial charge >= 0.3 is 11.9 Å². The monoisotopic (exact) mass is 523 g/mol. The van der Waals surface area contributed by atoms with Crippen LogP contribution in [0, 0.1) is 11.3 Å².